The van der Waals surface area contributed by atoms with E-state index < -0.39 is 8.32 Å². The molecular formula is C33H58O3Si. The second kappa shape index (κ2) is 10.8. The van der Waals surface area contributed by atoms with Gasteiger partial charge in [0.05, 0.1) is 6.61 Å². The van der Waals surface area contributed by atoms with E-state index in [2.05, 4.69) is 60.7 Å². The lowest BCUT2D eigenvalue weighted by Crippen LogP contribution is -2.52. The van der Waals surface area contributed by atoms with E-state index in [4.69, 9.17) is 9.16 Å². The number of rotatable bonds is 8. The van der Waals surface area contributed by atoms with Crippen LogP contribution >= 0.6 is 0 Å². The highest BCUT2D eigenvalue weighted by atomic mass is 28.4. The number of carbonyl (C=O) groups excluding carboxylic acids is 1. The quantitative estimate of drug-likeness (QED) is 0.178. The molecule has 0 bridgehead atoms. The predicted octanol–water partition coefficient (Wildman–Crippen LogP) is 9.33. The number of fused-ring (bicyclic) bond motifs is 5. The molecular weight excluding hydrogens is 472 g/mol. The molecule has 0 radical (unpaired) electrons. The van der Waals surface area contributed by atoms with E-state index in [-0.39, 0.29) is 16.4 Å². The van der Waals surface area contributed by atoms with Crippen LogP contribution in [0.2, 0.25) is 18.1 Å². The SMILES string of the molecule is CCCC[C@H]1C[C@H](CC(=O)OCC)[C@@]2(C)CC[C@H]3[C@@H](CC=C4C[C@@H](O[Si](C)(C)C(C)(C)C)CC[C@@]43C)[C@H]12. The van der Waals surface area contributed by atoms with Crippen LogP contribution < -0.4 is 0 Å². The van der Waals surface area contributed by atoms with Gasteiger partial charge in [0, 0.05) is 12.5 Å². The zero-order valence-corrected chi connectivity index (χ0v) is 26.8. The lowest BCUT2D eigenvalue weighted by Gasteiger charge is -2.59. The molecule has 0 amide bonds. The van der Waals surface area contributed by atoms with Gasteiger partial charge in [0.15, 0.2) is 8.32 Å². The van der Waals surface area contributed by atoms with Gasteiger partial charge in [-0.2, -0.15) is 0 Å². The van der Waals surface area contributed by atoms with Crippen LogP contribution in [0.15, 0.2) is 11.6 Å². The molecule has 37 heavy (non-hydrogen) atoms. The van der Waals surface area contributed by atoms with Crippen LogP contribution in [0.4, 0.5) is 0 Å². The summed E-state index contributed by atoms with van der Waals surface area (Å²) in [4.78, 5) is 12.6. The Morgan fingerprint density at radius 2 is 1.86 bits per heavy atom. The second-order valence-electron chi connectivity index (χ2n) is 15.3. The average molecular weight is 531 g/mol. The van der Waals surface area contributed by atoms with Gasteiger partial charge in [-0.15, -0.1) is 0 Å². The lowest BCUT2D eigenvalue weighted by atomic mass is 9.46. The first kappa shape index (κ1) is 29.4. The highest BCUT2D eigenvalue weighted by Crippen LogP contribution is 2.68. The van der Waals surface area contributed by atoms with Crippen molar-refractivity contribution in [2.45, 2.75) is 143 Å². The normalized spacial score (nSPS) is 39.9. The van der Waals surface area contributed by atoms with Crippen LogP contribution in [-0.2, 0) is 14.0 Å². The summed E-state index contributed by atoms with van der Waals surface area (Å²) in [6.07, 6.45) is 16.4. The van der Waals surface area contributed by atoms with E-state index >= 15 is 0 Å². The maximum atomic E-state index is 12.6. The van der Waals surface area contributed by atoms with Gasteiger partial charge in [-0.25, -0.2) is 0 Å². The van der Waals surface area contributed by atoms with Crippen molar-refractivity contribution in [2.75, 3.05) is 6.61 Å². The molecule has 3 fully saturated rings. The molecule has 3 saturated carbocycles. The first-order valence-corrected chi connectivity index (χ1v) is 18.7. The zero-order chi connectivity index (χ0) is 27.2. The van der Waals surface area contributed by atoms with Gasteiger partial charge in [0.25, 0.3) is 0 Å². The van der Waals surface area contributed by atoms with Gasteiger partial charge in [-0.3, -0.25) is 4.79 Å². The molecule has 0 spiro atoms. The Balaban J connectivity index is 1.56. The second-order valence-corrected chi connectivity index (χ2v) is 20.1. The van der Waals surface area contributed by atoms with E-state index in [0.717, 1.165) is 30.1 Å². The molecule has 212 valence electrons. The number of hydrogen-bond acceptors (Lipinski definition) is 3. The molecule has 4 rings (SSSR count). The van der Waals surface area contributed by atoms with E-state index in [0.29, 0.717) is 30.5 Å². The van der Waals surface area contributed by atoms with Gasteiger partial charge in [0.2, 0.25) is 0 Å². The third-order valence-electron chi connectivity index (χ3n) is 12.3. The van der Waals surface area contributed by atoms with Crippen molar-refractivity contribution >= 4 is 14.3 Å². The summed E-state index contributed by atoms with van der Waals surface area (Å²) in [6, 6.07) is 0. The van der Waals surface area contributed by atoms with Crippen LogP contribution in [0, 0.1) is 40.4 Å². The Labute approximate surface area is 230 Å². The molecule has 0 aromatic carbocycles. The zero-order valence-electron chi connectivity index (χ0n) is 25.8. The molecule has 0 heterocycles. The maximum Gasteiger partial charge on any atom is 0.306 e. The summed E-state index contributed by atoms with van der Waals surface area (Å²) in [5.74, 6) is 3.63. The minimum Gasteiger partial charge on any atom is -0.466 e. The van der Waals surface area contributed by atoms with Crippen LogP contribution in [0.5, 0.6) is 0 Å². The van der Waals surface area contributed by atoms with Gasteiger partial charge >= 0.3 is 5.97 Å². The summed E-state index contributed by atoms with van der Waals surface area (Å²) in [5.41, 5.74) is 2.35. The summed E-state index contributed by atoms with van der Waals surface area (Å²) in [6.45, 7) is 21.9. The van der Waals surface area contributed by atoms with Crippen LogP contribution in [0.1, 0.15) is 119 Å². The summed E-state index contributed by atoms with van der Waals surface area (Å²) in [5, 5.41) is 0.268. The predicted molar refractivity (Wildman–Crippen MR) is 157 cm³/mol. The fraction of sp³-hybridized carbons (Fsp3) is 0.909. The molecule has 4 aliphatic carbocycles. The number of esters is 1. The van der Waals surface area contributed by atoms with Crippen molar-refractivity contribution in [3.8, 4) is 0 Å². The molecule has 4 heteroatoms. The number of carbonyl (C=O) groups is 1. The van der Waals surface area contributed by atoms with Crippen molar-refractivity contribution in [3.05, 3.63) is 11.6 Å². The van der Waals surface area contributed by atoms with Crippen molar-refractivity contribution < 1.29 is 14.0 Å². The van der Waals surface area contributed by atoms with Gasteiger partial charge in [0.1, 0.15) is 0 Å². The molecule has 8 atom stereocenters. The lowest BCUT2D eigenvalue weighted by molar-refractivity contribution is -0.146. The first-order chi connectivity index (χ1) is 17.3. The van der Waals surface area contributed by atoms with E-state index in [1.807, 2.05) is 6.92 Å². The topological polar surface area (TPSA) is 35.5 Å². The molecule has 4 aliphatic rings. The Morgan fingerprint density at radius 1 is 1.14 bits per heavy atom. The van der Waals surface area contributed by atoms with Crippen LogP contribution in [0.25, 0.3) is 0 Å². The van der Waals surface area contributed by atoms with Crippen LogP contribution in [0.3, 0.4) is 0 Å². The van der Waals surface area contributed by atoms with Crippen molar-refractivity contribution in [1.29, 1.82) is 0 Å². The Morgan fingerprint density at radius 3 is 2.51 bits per heavy atom. The summed E-state index contributed by atoms with van der Waals surface area (Å²) >= 11 is 0. The Hall–Kier alpha value is -0.613. The van der Waals surface area contributed by atoms with Crippen molar-refractivity contribution in [1.82, 2.24) is 0 Å². The van der Waals surface area contributed by atoms with Crippen molar-refractivity contribution in [3.63, 3.8) is 0 Å². The number of hydrogen-bond donors (Lipinski definition) is 0. The molecule has 0 aromatic rings. The monoisotopic (exact) mass is 530 g/mol. The van der Waals surface area contributed by atoms with E-state index in [9.17, 15) is 4.79 Å². The molecule has 0 unspecified atom stereocenters. The highest BCUT2D eigenvalue weighted by molar-refractivity contribution is 6.74. The van der Waals surface area contributed by atoms with Gasteiger partial charge in [-0.05, 0) is 110 Å². The summed E-state index contributed by atoms with van der Waals surface area (Å²) in [7, 11) is -1.75. The first-order valence-electron chi connectivity index (χ1n) is 15.8. The number of allylic oxidation sites excluding steroid dienone is 1. The van der Waals surface area contributed by atoms with Gasteiger partial charge < -0.3 is 9.16 Å². The third kappa shape index (κ3) is 5.41. The fourth-order valence-electron chi connectivity index (χ4n) is 9.25. The minimum absolute atomic E-state index is 0.0311. The highest BCUT2D eigenvalue weighted by Gasteiger charge is 2.61. The third-order valence-corrected chi connectivity index (χ3v) is 16.8. The van der Waals surface area contributed by atoms with Crippen LogP contribution in [-0.4, -0.2) is 27.0 Å². The number of ether oxygens (including phenoxy) is 1. The molecule has 3 nitrogen and oxygen atoms in total. The summed E-state index contributed by atoms with van der Waals surface area (Å²) < 4.78 is 12.4. The van der Waals surface area contributed by atoms with Gasteiger partial charge in [-0.1, -0.05) is 72.5 Å². The average Bonchev–Trinajstić information content (AvgIpc) is 3.08. The van der Waals surface area contributed by atoms with E-state index in [1.165, 1.54) is 57.8 Å². The Bertz CT molecular complexity index is 856. The molecule has 0 aliphatic heterocycles. The molecule has 0 N–H and O–H groups in total. The van der Waals surface area contributed by atoms with Crippen molar-refractivity contribution in [2.24, 2.45) is 40.4 Å². The molecule has 0 aromatic heterocycles. The van der Waals surface area contributed by atoms with E-state index in [1.54, 1.807) is 5.57 Å². The maximum absolute atomic E-state index is 12.6. The largest absolute Gasteiger partial charge is 0.466 e. The molecule has 0 saturated heterocycles. The number of unbranched alkanes of at least 4 members (excludes halogenated alkanes) is 1. The standard InChI is InChI=1S/C33H58O3Si/c1-10-12-13-23-20-25(22-29(34)35-11-2)33(7)19-17-28-27(30(23)33)15-14-24-21-26(16-18-32(24,28)6)36-37(8,9)31(3,4)5/h14,23,25-28,30H,10-13,15-22H2,1-9H3/t23-,25+,26-,27+,28-,30-,32-,33+/m0/s1. The fourth-order valence-corrected chi connectivity index (χ4v) is 10.6. The smallest absolute Gasteiger partial charge is 0.306 e. The Kier molecular flexibility index (Phi) is 8.53. The minimum atomic E-state index is -1.75.